The molecule has 0 unspecified atom stereocenters. The minimum atomic E-state index is -0.572. The topological polar surface area (TPSA) is 64.1 Å². The number of pyridine rings is 1. The molecule has 1 amide bonds. The van der Waals surface area contributed by atoms with Crippen molar-refractivity contribution in [3.63, 3.8) is 0 Å². The number of thiazole rings is 1. The molecule has 2 aromatic carbocycles. The van der Waals surface area contributed by atoms with E-state index in [1.807, 2.05) is 6.07 Å². The van der Waals surface area contributed by atoms with Gasteiger partial charge in [0.25, 0.3) is 5.91 Å². The van der Waals surface area contributed by atoms with Gasteiger partial charge in [-0.05, 0) is 36.4 Å². The number of hydrogen-bond donors (Lipinski definition) is 1. The van der Waals surface area contributed by atoms with E-state index in [4.69, 9.17) is 16.3 Å². The molecule has 1 N–H and O–H groups in total. The maximum atomic E-state index is 14.7. The van der Waals surface area contributed by atoms with Gasteiger partial charge in [-0.1, -0.05) is 23.7 Å². The Balaban J connectivity index is 1.42. The fourth-order valence-electron chi connectivity index (χ4n) is 2.85. The van der Waals surface area contributed by atoms with Gasteiger partial charge in [0.2, 0.25) is 0 Å². The molecule has 0 saturated heterocycles. The Kier molecular flexibility index (Phi) is 6.72. The van der Waals surface area contributed by atoms with Gasteiger partial charge < -0.3 is 10.1 Å². The van der Waals surface area contributed by atoms with E-state index in [1.165, 1.54) is 24.3 Å². The van der Waals surface area contributed by atoms with Crippen LogP contribution in [0.2, 0.25) is 5.02 Å². The molecule has 0 spiro atoms. The van der Waals surface area contributed by atoms with Crippen LogP contribution in [0.25, 0.3) is 10.6 Å². The highest BCUT2D eigenvalue weighted by atomic mass is 35.5. The summed E-state index contributed by atoms with van der Waals surface area (Å²) < 4.78 is 34.0. The first-order valence-corrected chi connectivity index (χ1v) is 10.8. The number of carbonyl (C=O) groups is 1. The highest BCUT2D eigenvalue weighted by Gasteiger charge is 2.15. The lowest BCUT2D eigenvalue weighted by atomic mass is 10.2. The van der Waals surface area contributed by atoms with E-state index in [2.05, 4.69) is 15.3 Å². The number of benzene rings is 2. The quantitative estimate of drug-likeness (QED) is 0.378. The summed E-state index contributed by atoms with van der Waals surface area (Å²) in [6.07, 6.45) is 1.64. The Bertz CT molecular complexity index is 1230. The third-order valence-corrected chi connectivity index (χ3v) is 5.74. The normalized spacial score (nSPS) is 10.7. The molecule has 32 heavy (non-hydrogen) atoms. The lowest BCUT2D eigenvalue weighted by Gasteiger charge is -2.09. The predicted molar refractivity (Wildman–Crippen MR) is 119 cm³/mol. The third-order valence-electron chi connectivity index (χ3n) is 4.51. The van der Waals surface area contributed by atoms with E-state index in [-0.39, 0.29) is 46.7 Å². The molecule has 2 aromatic heterocycles. The SMILES string of the molecule is O=C(NCc1ccccn1)c1csc(-c2ccc(OCc3c(F)cccc3Cl)cc2F)n1. The van der Waals surface area contributed by atoms with Crippen molar-refractivity contribution in [3.05, 3.63) is 99.8 Å². The largest absolute Gasteiger partial charge is 0.489 e. The van der Waals surface area contributed by atoms with Crippen LogP contribution in [-0.2, 0) is 13.2 Å². The van der Waals surface area contributed by atoms with Crippen molar-refractivity contribution >= 4 is 28.8 Å². The van der Waals surface area contributed by atoms with Gasteiger partial charge in [-0.3, -0.25) is 9.78 Å². The van der Waals surface area contributed by atoms with E-state index >= 15 is 0 Å². The Labute approximate surface area is 191 Å². The minimum absolute atomic E-state index is 0.137. The summed E-state index contributed by atoms with van der Waals surface area (Å²) in [5.74, 6) is -1.22. The molecule has 0 aliphatic rings. The van der Waals surface area contributed by atoms with Gasteiger partial charge in [0.1, 0.15) is 34.7 Å². The zero-order valence-corrected chi connectivity index (χ0v) is 18.1. The highest BCUT2D eigenvalue weighted by molar-refractivity contribution is 7.13. The summed E-state index contributed by atoms with van der Waals surface area (Å²) in [5, 5.41) is 4.89. The molecule has 0 aliphatic carbocycles. The van der Waals surface area contributed by atoms with E-state index < -0.39 is 11.6 Å². The second-order valence-corrected chi connectivity index (χ2v) is 7.94. The van der Waals surface area contributed by atoms with Crippen LogP contribution in [0.5, 0.6) is 5.75 Å². The molecule has 4 rings (SSSR count). The first-order valence-electron chi connectivity index (χ1n) is 9.50. The number of carbonyl (C=O) groups excluding carboxylic acids is 1. The molecule has 2 heterocycles. The number of halogens is 3. The van der Waals surface area contributed by atoms with Crippen molar-refractivity contribution in [2.24, 2.45) is 0 Å². The number of amides is 1. The molecular weight excluding hydrogens is 456 g/mol. The summed E-state index contributed by atoms with van der Waals surface area (Å²) in [7, 11) is 0. The molecular formula is C23H16ClF2N3O2S. The van der Waals surface area contributed by atoms with Gasteiger partial charge in [-0.15, -0.1) is 11.3 Å². The van der Waals surface area contributed by atoms with Crippen LogP contribution < -0.4 is 10.1 Å². The monoisotopic (exact) mass is 471 g/mol. The van der Waals surface area contributed by atoms with Crippen LogP contribution in [0, 0.1) is 11.6 Å². The van der Waals surface area contributed by atoms with E-state index in [9.17, 15) is 13.6 Å². The smallest absolute Gasteiger partial charge is 0.271 e. The highest BCUT2D eigenvalue weighted by Crippen LogP contribution is 2.30. The maximum absolute atomic E-state index is 14.7. The number of rotatable bonds is 7. The van der Waals surface area contributed by atoms with Crippen LogP contribution in [0.1, 0.15) is 21.7 Å². The van der Waals surface area contributed by atoms with Crippen LogP contribution in [-0.4, -0.2) is 15.9 Å². The van der Waals surface area contributed by atoms with Crippen LogP contribution in [0.4, 0.5) is 8.78 Å². The van der Waals surface area contributed by atoms with Gasteiger partial charge >= 0.3 is 0 Å². The Hall–Kier alpha value is -3.36. The van der Waals surface area contributed by atoms with Crippen molar-refractivity contribution in [1.29, 1.82) is 0 Å². The van der Waals surface area contributed by atoms with E-state index in [0.717, 1.165) is 17.0 Å². The lowest BCUT2D eigenvalue weighted by molar-refractivity contribution is 0.0946. The van der Waals surface area contributed by atoms with Gasteiger partial charge in [0, 0.05) is 28.8 Å². The molecule has 9 heteroatoms. The Morgan fingerprint density at radius 1 is 1.09 bits per heavy atom. The second-order valence-electron chi connectivity index (χ2n) is 6.67. The number of hydrogen-bond acceptors (Lipinski definition) is 5. The van der Waals surface area contributed by atoms with E-state index in [1.54, 1.807) is 35.8 Å². The standard InChI is InChI=1S/C23H16ClF2N3O2S/c24-18-5-3-6-19(25)17(18)12-31-15-7-8-16(20(26)10-15)23-29-21(13-32-23)22(30)28-11-14-4-1-2-9-27-14/h1-10,13H,11-12H2,(H,28,30). The van der Waals surface area contributed by atoms with Crippen molar-refractivity contribution in [2.45, 2.75) is 13.2 Å². The molecule has 0 saturated carbocycles. The first kappa shape index (κ1) is 21.9. The molecule has 0 aliphatic heterocycles. The molecule has 4 aromatic rings. The summed E-state index contributed by atoms with van der Waals surface area (Å²) in [4.78, 5) is 20.7. The lowest BCUT2D eigenvalue weighted by Crippen LogP contribution is -2.23. The summed E-state index contributed by atoms with van der Waals surface area (Å²) >= 11 is 7.13. The summed E-state index contributed by atoms with van der Waals surface area (Å²) in [5.41, 5.74) is 1.33. The molecule has 0 fully saturated rings. The fourth-order valence-corrected chi connectivity index (χ4v) is 3.89. The molecule has 0 atom stereocenters. The van der Waals surface area contributed by atoms with Crippen molar-refractivity contribution in [1.82, 2.24) is 15.3 Å². The van der Waals surface area contributed by atoms with Gasteiger partial charge in [-0.25, -0.2) is 13.8 Å². The first-order chi connectivity index (χ1) is 15.5. The van der Waals surface area contributed by atoms with Gasteiger partial charge in [0.05, 0.1) is 17.3 Å². The number of nitrogens with zero attached hydrogens (tertiary/aromatic N) is 2. The minimum Gasteiger partial charge on any atom is -0.489 e. The Morgan fingerprint density at radius 2 is 1.97 bits per heavy atom. The van der Waals surface area contributed by atoms with E-state index in [0.29, 0.717) is 5.01 Å². The van der Waals surface area contributed by atoms with Crippen LogP contribution in [0.15, 0.2) is 66.2 Å². The fraction of sp³-hybridized carbons (Fsp3) is 0.0870. The van der Waals surface area contributed by atoms with Gasteiger partial charge in [-0.2, -0.15) is 0 Å². The van der Waals surface area contributed by atoms with Crippen molar-refractivity contribution in [2.75, 3.05) is 0 Å². The van der Waals surface area contributed by atoms with Gasteiger partial charge in [0.15, 0.2) is 0 Å². The average molecular weight is 472 g/mol. The van der Waals surface area contributed by atoms with Crippen LogP contribution in [0.3, 0.4) is 0 Å². The van der Waals surface area contributed by atoms with Crippen molar-refractivity contribution in [3.8, 4) is 16.3 Å². The van der Waals surface area contributed by atoms with Crippen molar-refractivity contribution < 1.29 is 18.3 Å². The molecule has 0 bridgehead atoms. The number of nitrogens with one attached hydrogen (secondary N) is 1. The zero-order chi connectivity index (χ0) is 22.5. The zero-order valence-electron chi connectivity index (χ0n) is 16.5. The Morgan fingerprint density at radius 3 is 2.72 bits per heavy atom. The summed E-state index contributed by atoms with van der Waals surface area (Å²) in [6, 6.07) is 14.0. The number of aromatic nitrogens is 2. The molecule has 162 valence electrons. The van der Waals surface area contributed by atoms with Crippen LogP contribution >= 0.6 is 22.9 Å². The maximum Gasteiger partial charge on any atom is 0.271 e. The number of ether oxygens (including phenoxy) is 1. The average Bonchev–Trinajstić information content (AvgIpc) is 3.28. The summed E-state index contributed by atoms with van der Waals surface area (Å²) in [6.45, 7) is 0.126. The third kappa shape index (κ3) is 5.09. The predicted octanol–water partition coefficient (Wildman–Crippen LogP) is 5.65. The molecule has 5 nitrogen and oxygen atoms in total. The molecule has 0 radical (unpaired) electrons. The second kappa shape index (κ2) is 9.84.